The Morgan fingerprint density at radius 3 is 1.33 bits per heavy atom. The lowest BCUT2D eigenvalue weighted by Gasteiger charge is -2.12. The van der Waals surface area contributed by atoms with Gasteiger partial charge < -0.3 is 9.13 Å². The second-order valence-corrected chi connectivity index (χ2v) is 14.5. The molecule has 0 bridgehead atoms. The molecule has 0 N–H and O–H groups in total. The molecule has 0 radical (unpaired) electrons. The number of hydrogen-bond acceptors (Lipinski definition) is 0. The Kier molecular flexibility index (Phi) is 6.09. The van der Waals surface area contributed by atoms with Crippen molar-refractivity contribution in [2.24, 2.45) is 0 Å². The van der Waals surface area contributed by atoms with Crippen LogP contribution >= 0.6 is 0 Å². The predicted octanol–water partition coefficient (Wildman–Crippen LogP) is 14.2. The summed E-state index contributed by atoms with van der Waals surface area (Å²) < 4.78 is 4.86. The highest BCUT2D eigenvalue weighted by atomic mass is 15.0. The molecular formula is C52H32N2. The topological polar surface area (TPSA) is 9.86 Å². The van der Waals surface area contributed by atoms with Crippen LogP contribution in [0.1, 0.15) is 0 Å². The molecule has 2 nitrogen and oxygen atoms in total. The molecule has 0 fully saturated rings. The first-order chi connectivity index (χ1) is 26.8. The van der Waals surface area contributed by atoms with E-state index in [9.17, 15) is 0 Å². The molecule has 0 amide bonds. The highest BCUT2D eigenvalue weighted by Crippen LogP contribution is 2.45. The van der Waals surface area contributed by atoms with Crippen LogP contribution < -0.4 is 0 Å². The minimum atomic E-state index is 1.16. The molecule has 0 saturated heterocycles. The first-order valence-corrected chi connectivity index (χ1v) is 18.7. The monoisotopic (exact) mass is 684 g/mol. The zero-order valence-corrected chi connectivity index (χ0v) is 29.4. The van der Waals surface area contributed by atoms with Crippen molar-refractivity contribution in [2.75, 3.05) is 0 Å². The molecule has 0 unspecified atom stereocenters. The summed E-state index contributed by atoms with van der Waals surface area (Å²) in [6.45, 7) is 0. The van der Waals surface area contributed by atoms with Crippen LogP contribution in [0.5, 0.6) is 0 Å². The zero-order valence-electron chi connectivity index (χ0n) is 29.4. The molecule has 250 valence electrons. The predicted molar refractivity (Wildman–Crippen MR) is 231 cm³/mol. The molecule has 2 heterocycles. The van der Waals surface area contributed by atoms with E-state index >= 15 is 0 Å². The molecule has 2 aromatic heterocycles. The van der Waals surface area contributed by atoms with E-state index in [0.717, 1.165) is 5.69 Å². The van der Waals surface area contributed by atoms with Crippen molar-refractivity contribution in [3.05, 3.63) is 194 Å². The third kappa shape index (κ3) is 4.11. The van der Waals surface area contributed by atoms with Gasteiger partial charge in [-0.15, -0.1) is 0 Å². The van der Waals surface area contributed by atoms with Crippen LogP contribution in [0.15, 0.2) is 194 Å². The average Bonchev–Trinajstić information content (AvgIpc) is 3.75. The fourth-order valence-corrected chi connectivity index (χ4v) is 9.28. The van der Waals surface area contributed by atoms with Crippen LogP contribution in [-0.4, -0.2) is 9.13 Å². The van der Waals surface area contributed by atoms with Crippen molar-refractivity contribution >= 4 is 86.7 Å². The van der Waals surface area contributed by atoms with Crippen LogP contribution in [0.3, 0.4) is 0 Å². The van der Waals surface area contributed by atoms with Gasteiger partial charge in [0.1, 0.15) is 0 Å². The highest BCUT2D eigenvalue weighted by Gasteiger charge is 2.20. The number of rotatable bonds is 3. The quantitative estimate of drug-likeness (QED) is 0.164. The molecule has 0 spiro atoms. The van der Waals surface area contributed by atoms with Crippen LogP contribution in [0.2, 0.25) is 0 Å². The lowest BCUT2D eigenvalue weighted by atomic mass is 9.91. The SMILES string of the molecule is c1ccc(-n2c3ccc(-c4ccc5c(c4)c4c6c7ccccc7c7ccccc7c6ccc4n5-c4ccccc4)cc3c3cc4ccccc4cc32)cc1. The number of aromatic nitrogens is 2. The minimum Gasteiger partial charge on any atom is -0.309 e. The molecular weight excluding hydrogens is 653 g/mol. The van der Waals surface area contributed by atoms with Gasteiger partial charge >= 0.3 is 0 Å². The maximum absolute atomic E-state index is 2.44. The second-order valence-electron chi connectivity index (χ2n) is 14.5. The van der Waals surface area contributed by atoms with Gasteiger partial charge in [0.05, 0.1) is 22.1 Å². The molecule has 0 atom stereocenters. The molecule has 0 aliphatic rings. The summed E-state index contributed by atoms with van der Waals surface area (Å²) in [6.07, 6.45) is 0. The maximum Gasteiger partial charge on any atom is 0.0547 e. The van der Waals surface area contributed by atoms with E-state index in [1.807, 2.05) is 0 Å². The Labute approximate surface area is 311 Å². The third-order valence-corrected chi connectivity index (χ3v) is 11.6. The Morgan fingerprint density at radius 1 is 0.241 bits per heavy atom. The van der Waals surface area contributed by atoms with Crippen LogP contribution in [0.4, 0.5) is 0 Å². The summed E-state index contributed by atoms with van der Waals surface area (Å²) in [5.41, 5.74) is 9.60. The Bertz CT molecular complexity index is 3440. The van der Waals surface area contributed by atoms with Crippen molar-refractivity contribution in [1.82, 2.24) is 9.13 Å². The molecule has 54 heavy (non-hydrogen) atoms. The van der Waals surface area contributed by atoms with Gasteiger partial charge in [0.25, 0.3) is 0 Å². The van der Waals surface area contributed by atoms with Crippen LogP contribution in [0.25, 0.3) is 109 Å². The van der Waals surface area contributed by atoms with Crippen LogP contribution in [0, 0.1) is 0 Å². The highest BCUT2D eigenvalue weighted by molar-refractivity contribution is 6.35. The number of hydrogen-bond donors (Lipinski definition) is 0. The van der Waals surface area contributed by atoms with E-state index in [-0.39, 0.29) is 0 Å². The van der Waals surface area contributed by atoms with Crippen molar-refractivity contribution < 1.29 is 0 Å². The normalized spacial score (nSPS) is 12.1. The van der Waals surface area contributed by atoms with E-state index < -0.39 is 0 Å². The molecule has 0 aliphatic heterocycles. The minimum absolute atomic E-state index is 1.16. The first kappa shape index (κ1) is 29.4. The number of benzene rings is 10. The lowest BCUT2D eigenvalue weighted by Crippen LogP contribution is -1.93. The largest absolute Gasteiger partial charge is 0.309 e. The average molecular weight is 685 g/mol. The lowest BCUT2D eigenvalue weighted by molar-refractivity contribution is 1.18. The van der Waals surface area contributed by atoms with E-state index in [1.165, 1.54) is 104 Å². The van der Waals surface area contributed by atoms with Gasteiger partial charge in [-0.25, -0.2) is 0 Å². The zero-order chi connectivity index (χ0) is 35.3. The van der Waals surface area contributed by atoms with Crippen molar-refractivity contribution in [1.29, 1.82) is 0 Å². The van der Waals surface area contributed by atoms with Crippen molar-refractivity contribution in [2.45, 2.75) is 0 Å². The first-order valence-electron chi connectivity index (χ1n) is 18.7. The van der Waals surface area contributed by atoms with E-state index in [2.05, 4.69) is 203 Å². The van der Waals surface area contributed by atoms with Gasteiger partial charge in [0.15, 0.2) is 0 Å². The van der Waals surface area contributed by atoms with E-state index in [1.54, 1.807) is 0 Å². The molecule has 0 saturated carbocycles. The summed E-state index contributed by atoms with van der Waals surface area (Å²) in [7, 11) is 0. The Balaban J connectivity index is 1.18. The Morgan fingerprint density at radius 2 is 0.685 bits per heavy atom. The number of nitrogens with zero attached hydrogens (tertiary/aromatic N) is 2. The number of para-hydroxylation sites is 2. The van der Waals surface area contributed by atoms with E-state index in [4.69, 9.17) is 0 Å². The van der Waals surface area contributed by atoms with Crippen molar-refractivity contribution in [3.63, 3.8) is 0 Å². The van der Waals surface area contributed by atoms with Gasteiger partial charge in [-0.2, -0.15) is 0 Å². The summed E-state index contributed by atoms with van der Waals surface area (Å²) >= 11 is 0. The van der Waals surface area contributed by atoms with Gasteiger partial charge in [-0.1, -0.05) is 127 Å². The smallest absolute Gasteiger partial charge is 0.0547 e. The summed E-state index contributed by atoms with van der Waals surface area (Å²) in [6, 6.07) is 71.5. The van der Waals surface area contributed by atoms with E-state index in [0.29, 0.717) is 0 Å². The third-order valence-electron chi connectivity index (χ3n) is 11.6. The maximum atomic E-state index is 2.44. The van der Waals surface area contributed by atoms with Gasteiger partial charge in [-0.3, -0.25) is 0 Å². The van der Waals surface area contributed by atoms with Crippen LogP contribution in [-0.2, 0) is 0 Å². The molecule has 12 rings (SSSR count). The van der Waals surface area contributed by atoms with Crippen molar-refractivity contribution in [3.8, 4) is 22.5 Å². The molecule has 12 aromatic rings. The Hall–Kier alpha value is -7.16. The fraction of sp³-hybridized carbons (Fsp3) is 0. The summed E-state index contributed by atoms with van der Waals surface area (Å²) in [4.78, 5) is 0. The second kappa shape index (κ2) is 11.2. The van der Waals surface area contributed by atoms with Gasteiger partial charge in [0.2, 0.25) is 0 Å². The number of fused-ring (bicyclic) bond motifs is 14. The molecule has 2 heteroatoms. The summed E-state index contributed by atoms with van der Waals surface area (Å²) in [5, 5.41) is 15.3. The summed E-state index contributed by atoms with van der Waals surface area (Å²) in [5.74, 6) is 0. The van der Waals surface area contributed by atoms with Gasteiger partial charge in [-0.05, 0) is 116 Å². The molecule has 0 aliphatic carbocycles. The fourth-order valence-electron chi connectivity index (χ4n) is 9.28. The van der Waals surface area contributed by atoms with Gasteiger partial charge in [0, 0.05) is 38.3 Å². The standard InChI is InChI=1S/C52H32N2/c1-3-15-37(16-4-1)53-48-27-24-36(31-46(48)52-49(53)28-25-43-41-21-10-9-19-39(41)40-20-11-12-22-42(40)51(43)52)35-23-26-47-44(30-35)45-29-33-13-7-8-14-34(33)32-50(45)54(47)38-17-5-2-6-18-38/h1-32H. The molecule has 10 aromatic carbocycles.